The van der Waals surface area contributed by atoms with Gasteiger partial charge in [0.2, 0.25) is 23.5 Å². The molecule has 0 aliphatic heterocycles. The fraction of sp³-hybridized carbons (Fsp3) is 0.316. The number of halogens is 4. The van der Waals surface area contributed by atoms with Crippen molar-refractivity contribution in [1.82, 2.24) is 14.8 Å². The predicted molar refractivity (Wildman–Crippen MR) is 117 cm³/mol. The molecular weight excluding hydrogens is 485 g/mol. The highest BCUT2D eigenvalue weighted by molar-refractivity contribution is 6.37. The molecule has 0 bridgehead atoms. The summed E-state index contributed by atoms with van der Waals surface area (Å²) < 4.78 is 32.5. The van der Waals surface area contributed by atoms with E-state index in [0.29, 0.717) is 0 Å². The molecule has 0 spiro atoms. The Morgan fingerprint density at radius 1 is 1.36 bits per heavy atom. The molecule has 6 N–H and O–H groups in total. The van der Waals surface area contributed by atoms with Crippen LogP contribution in [0.2, 0.25) is 10.0 Å². The van der Waals surface area contributed by atoms with Crippen LogP contribution in [0.3, 0.4) is 0 Å². The van der Waals surface area contributed by atoms with E-state index < -0.39 is 46.6 Å². The number of alkyl halides is 2. The Labute approximate surface area is 194 Å². The zero-order valence-electron chi connectivity index (χ0n) is 17.0. The first-order valence-electron chi connectivity index (χ1n) is 9.43. The fourth-order valence-corrected chi connectivity index (χ4v) is 3.93. The van der Waals surface area contributed by atoms with Crippen molar-refractivity contribution in [3.63, 3.8) is 0 Å². The number of hydrogen-bond donors (Lipinski definition) is 4. The van der Waals surface area contributed by atoms with Gasteiger partial charge in [0.1, 0.15) is 0 Å². The Morgan fingerprint density at radius 3 is 2.45 bits per heavy atom. The summed E-state index contributed by atoms with van der Waals surface area (Å²) in [6.07, 6.45) is 0.266. The average molecular weight is 503 g/mol. The minimum atomic E-state index is -2.78. The van der Waals surface area contributed by atoms with E-state index in [2.05, 4.69) is 5.10 Å². The summed E-state index contributed by atoms with van der Waals surface area (Å²) in [5.41, 5.74) is 9.03. The van der Waals surface area contributed by atoms with Gasteiger partial charge in [0, 0.05) is 24.5 Å². The lowest BCUT2D eigenvalue weighted by atomic mass is 9.71. The molecule has 3 rings (SSSR count). The molecule has 1 aromatic heterocycles. The number of primary amides is 1. The van der Waals surface area contributed by atoms with Gasteiger partial charge < -0.3 is 16.2 Å². The average Bonchev–Trinajstić information content (AvgIpc) is 2.68. The summed E-state index contributed by atoms with van der Waals surface area (Å²) in [7, 11) is 0. The first kappa shape index (κ1) is 24.4. The topological polar surface area (TPSA) is 170 Å². The number of nitrogen functional groups attached to an aromatic ring is 1. The number of nitrogens with one attached hydrogen (secondary N) is 2. The maximum Gasteiger partial charge on any atom is 0.349 e. The molecule has 1 fully saturated rings. The second-order valence-corrected chi connectivity index (χ2v) is 8.35. The van der Waals surface area contributed by atoms with Gasteiger partial charge >= 0.3 is 5.69 Å². The number of aromatic amines is 1. The van der Waals surface area contributed by atoms with Crippen LogP contribution >= 0.6 is 23.2 Å². The highest BCUT2D eigenvalue weighted by Crippen LogP contribution is 2.47. The van der Waals surface area contributed by atoms with E-state index in [1.165, 1.54) is 12.1 Å². The number of benzene rings is 1. The molecule has 1 amide bonds. The van der Waals surface area contributed by atoms with Gasteiger partial charge in [-0.1, -0.05) is 30.1 Å². The maximum absolute atomic E-state index is 13.2. The van der Waals surface area contributed by atoms with Gasteiger partial charge in [0.25, 0.3) is 5.56 Å². The minimum Gasteiger partial charge on any atom is -0.436 e. The summed E-state index contributed by atoms with van der Waals surface area (Å²) in [5, 5.41) is 11.4. The Morgan fingerprint density at radius 2 is 1.94 bits per heavy atom. The number of H-pyrrole nitrogens is 1. The number of hydrogen-bond acceptors (Lipinski definition) is 7. The van der Waals surface area contributed by atoms with Gasteiger partial charge in [-0.05, 0) is 24.0 Å². The third-order valence-corrected chi connectivity index (χ3v) is 5.74. The molecule has 0 saturated heterocycles. The number of carbonyl (C=O) groups excluding carboxylic acids is 1. The number of rotatable bonds is 6. The summed E-state index contributed by atoms with van der Waals surface area (Å²) in [4.78, 5) is 37.2. The van der Waals surface area contributed by atoms with Crippen molar-refractivity contribution < 1.29 is 18.3 Å². The molecule has 0 unspecified atom stereocenters. The van der Waals surface area contributed by atoms with Crippen LogP contribution in [0.15, 0.2) is 33.4 Å². The molecule has 1 saturated carbocycles. The van der Waals surface area contributed by atoms with E-state index in [0.717, 1.165) is 10.8 Å². The lowest BCUT2D eigenvalue weighted by Crippen LogP contribution is -2.41. The zero-order valence-corrected chi connectivity index (χ0v) is 18.5. The molecule has 1 aromatic carbocycles. The van der Waals surface area contributed by atoms with Crippen LogP contribution in [0.1, 0.15) is 19.8 Å². The van der Waals surface area contributed by atoms with Crippen LogP contribution in [-0.2, 0) is 4.79 Å². The number of carbonyl (C=O) groups is 1. The first-order chi connectivity index (χ1) is 15.3. The van der Waals surface area contributed by atoms with Crippen LogP contribution in [-0.4, -0.2) is 32.5 Å². The second kappa shape index (κ2) is 8.94. The molecule has 10 nitrogen and oxygen atoms in total. The van der Waals surface area contributed by atoms with Crippen LogP contribution < -0.4 is 27.5 Å². The van der Waals surface area contributed by atoms with Gasteiger partial charge in [-0.25, -0.2) is 13.6 Å². The zero-order chi connectivity index (χ0) is 24.7. The van der Waals surface area contributed by atoms with Crippen LogP contribution in [0.5, 0.6) is 5.75 Å². The molecule has 0 radical (unpaired) electrons. The molecule has 1 aliphatic carbocycles. The molecule has 33 heavy (non-hydrogen) atoms. The van der Waals surface area contributed by atoms with Crippen molar-refractivity contribution in [3.05, 3.63) is 54.7 Å². The summed E-state index contributed by atoms with van der Waals surface area (Å²) in [5.74, 6) is -5.95. The highest BCUT2D eigenvalue weighted by atomic mass is 35.5. The number of aromatic nitrogens is 3. The standard InChI is InChI=1S/C19H18Cl2F2N6O4/c1-7(8-5-19(22,23)6-8)10(16(26)30)4-13(24)33-14-11(20)2-9(3-12(14)21)29-18(32)27-17(31)15(25)28-29/h2-4,7-8,24H,5-6H2,1H3,(H2,25,28)(H2,26,30)(H,27,31,32)/b10-4-,24-13?/t7-/m0/s1. The van der Waals surface area contributed by atoms with Crippen LogP contribution in [0, 0.1) is 17.2 Å². The van der Waals surface area contributed by atoms with Gasteiger partial charge in [0.05, 0.1) is 15.7 Å². The molecule has 14 heteroatoms. The van der Waals surface area contributed by atoms with E-state index >= 15 is 0 Å². The third-order valence-electron chi connectivity index (χ3n) is 5.18. The summed E-state index contributed by atoms with van der Waals surface area (Å²) in [6.45, 7) is 1.57. The number of nitrogens with zero attached hydrogens (tertiary/aromatic N) is 2. The Hall–Kier alpha value is -3.25. The van der Waals surface area contributed by atoms with Gasteiger partial charge in [-0.15, -0.1) is 5.10 Å². The molecule has 176 valence electrons. The fourth-order valence-electron chi connectivity index (χ4n) is 3.38. The van der Waals surface area contributed by atoms with E-state index in [9.17, 15) is 23.2 Å². The number of ether oxygens (including phenoxy) is 1. The van der Waals surface area contributed by atoms with Crippen molar-refractivity contribution in [2.24, 2.45) is 17.6 Å². The third kappa shape index (κ3) is 5.22. The Kier molecular flexibility index (Phi) is 6.61. The van der Waals surface area contributed by atoms with E-state index in [4.69, 9.17) is 44.8 Å². The molecular formula is C19H18Cl2F2N6O4. The minimum absolute atomic E-state index is 0.0460. The second-order valence-electron chi connectivity index (χ2n) is 7.54. The monoisotopic (exact) mass is 502 g/mol. The lowest BCUT2D eigenvalue weighted by Gasteiger charge is -2.39. The smallest absolute Gasteiger partial charge is 0.349 e. The number of nitrogens with two attached hydrogens (primary N) is 2. The van der Waals surface area contributed by atoms with Crippen LogP contribution in [0.25, 0.3) is 5.69 Å². The van der Waals surface area contributed by atoms with Crippen molar-refractivity contribution in [3.8, 4) is 11.4 Å². The largest absolute Gasteiger partial charge is 0.436 e. The SMILES string of the molecule is C[C@H](/C(=C/C(=N)Oc1c(Cl)cc(-n2nc(N)c(=O)[nH]c2=O)cc1Cl)C(N)=O)C1CC(F)(F)C1. The quantitative estimate of drug-likeness (QED) is 0.268. The molecule has 1 heterocycles. The van der Waals surface area contributed by atoms with Crippen molar-refractivity contribution in [1.29, 1.82) is 5.41 Å². The van der Waals surface area contributed by atoms with Gasteiger partial charge in [-0.3, -0.25) is 20.0 Å². The van der Waals surface area contributed by atoms with Gasteiger partial charge in [0.15, 0.2) is 5.75 Å². The van der Waals surface area contributed by atoms with Crippen LogP contribution in [0.4, 0.5) is 14.6 Å². The summed E-state index contributed by atoms with van der Waals surface area (Å²) in [6, 6.07) is 2.44. The van der Waals surface area contributed by atoms with Crippen molar-refractivity contribution >= 4 is 40.8 Å². The van der Waals surface area contributed by atoms with Crippen molar-refractivity contribution in [2.45, 2.75) is 25.7 Å². The Balaban J connectivity index is 1.86. The number of anilines is 1. The molecule has 1 atom stereocenters. The predicted octanol–water partition coefficient (Wildman–Crippen LogP) is 2.26. The van der Waals surface area contributed by atoms with E-state index in [1.807, 2.05) is 4.98 Å². The lowest BCUT2D eigenvalue weighted by molar-refractivity contribution is -0.126. The van der Waals surface area contributed by atoms with E-state index in [1.54, 1.807) is 6.92 Å². The highest BCUT2D eigenvalue weighted by Gasteiger charge is 2.48. The molecule has 1 aliphatic rings. The first-order valence-corrected chi connectivity index (χ1v) is 10.2. The Bertz CT molecular complexity index is 1260. The van der Waals surface area contributed by atoms with E-state index in [-0.39, 0.29) is 39.9 Å². The van der Waals surface area contributed by atoms with Gasteiger partial charge in [-0.2, -0.15) is 4.68 Å². The van der Waals surface area contributed by atoms with Crippen molar-refractivity contribution in [2.75, 3.05) is 5.73 Å². The maximum atomic E-state index is 13.2. The summed E-state index contributed by atoms with van der Waals surface area (Å²) >= 11 is 12.4. The number of amides is 1. The normalized spacial score (nSPS) is 16.7. The molecule has 2 aromatic rings.